The Morgan fingerprint density at radius 2 is 1.70 bits per heavy atom. The molecule has 2 N–H and O–H groups in total. The van der Waals surface area contributed by atoms with Crippen LogP contribution in [-0.4, -0.2) is 9.36 Å². The van der Waals surface area contributed by atoms with Crippen molar-refractivity contribution >= 4 is 5.69 Å². The van der Waals surface area contributed by atoms with Crippen molar-refractivity contribution in [3.63, 3.8) is 0 Å². The van der Waals surface area contributed by atoms with Gasteiger partial charge in [-0.2, -0.15) is 0 Å². The van der Waals surface area contributed by atoms with Gasteiger partial charge in [0.15, 0.2) is 17.5 Å². The van der Waals surface area contributed by atoms with E-state index in [9.17, 15) is 18.0 Å². The molecule has 0 bridgehead atoms. The van der Waals surface area contributed by atoms with Crippen LogP contribution < -0.4 is 11.3 Å². The van der Waals surface area contributed by atoms with Gasteiger partial charge in [-0.25, -0.2) is 17.9 Å². The molecule has 0 saturated carbocycles. The van der Waals surface area contributed by atoms with E-state index < -0.39 is 23.0 Å². The fourth-order valence-corrected chi connectivity index (χ4v) is 2.23. The Morgan fingerprint density at radius 3 is 2.25 bits per heavy atom. The first-order chi connectivity index (χ1) is 9.42. The van der Waals surface area contributed by atoms with E-state index in [4.69, 9.17) is 5.73 Å². The molecule has 0 atom stereocenters. The summed E-state index contributed by atoms with van der Waals surface area (Å²) in [6.45, 7) is 3.88. The van der Waals surface area contributed by atoms with Crippen molar-refractivity contribution in [1.82, 2.24) is 9.36 Å². The van der Waals surface area contributed by atoms with Crippen molar-refractivity contribution in [2.75, 3.05) is 5.73 Å². The number of aromatic nitrogens is 2. The number of nitrogens with two attached hydrogens (primary N) is 1. The summed E-state index contributed by atoms with van der Waals surface area (Å²) in [7, 11) is 0. The second-order valence-electron chi connectivity index (χ2n) is 4.26. The van der Waals surface area contributed by atoms with E-state index in [1.54, 1.807) is 13.8 Å². The zero-order chi connectivity index (χ0) is 15.0. The first-order valence-corrected chi connectivity index (χ1v) is 6.17. The van der Waals surface area contributed by atoms with Gasteiger partial charge in [-0.1, -0.05) is 6.92 Å². The van der Waals surface area contributed by atoms with Crippen molar-refractivity contribution in [2.45, 2.75) is 26.8 Å². The first kappa shape index (κ1) is 14.2. The van der Waals surface area contributed by atoms with Crippen LogP contribution in [0.1, 0.15) is 19.5 Å². The van der Waals surface area contributed by atoms with Crippen LogP contribution in [0.15, 0.2) is 16.9 Å². The maximum atomic E-state index is 13.8. The largest absolute Gasteiger partial charge is 0.393 e. The quantitative estimate of drug-likeness (QED) is 0.879. The SMILES string of the molecule is CCc1c(N)c(=O)n(-c2cc(F)c(F)cc2F)n1CC. The molecule has 108 valence electrons. The van der Waals surface area contributed by atoms with Gasteiger partial charge >= 0.3 is 0 Å². The molecule has 0 spiro atoms. The van der Waals surface area contributed by atoms with Gasteiger partial charge in [0, 0.05) is 18.7 Å². The highest BCUT2D eigenvalue weighted by atomic mass is 19.2. The van der Waals surface area contributed by atoms with Gasteiger partial charge in [-0.3, -0.25) is 9.48 Å². The van der Waals surface area contributed by atoms with Gasteiger partial charge in [0.25, 0.3) is 5.56 Å². The molecule has 0 saturated heterocycles. The monoisotopic (exact) mass is 285 g/mol. The summed E-state index contributed by atoms with van der Waals surface area (Å²) in [6.07, 6.45) is 0.465. The summed E-state index contributed by atoms with van der Waals surface area (Å²) < 4.78 is 42.5. The average Bonchev–Trinajstić information content (AvgIpc) is 2.66. The minimum atomic E-state index is -1.31. The Balaban J connectivity index is 2.83. The van der Waals surface area contributed by atoms with Crippen LogP contribution in [0, 0.1) is 17.5 Å². The average molecular weight is 285 g/mol. The lowest BCUT2D eigenvalue weighted by atomic mass is 10.3. The maximum Gasteiger partial charge on any atom is 0.294 e. The van der Waals surface area contributed by atoms with E-state index in [0.29, 0.717) is 30.8 Å². The van der Waals surface area contributed by atoms with E-state index in [-0.39, 0.29) is 11.4 Å². The molecule has 7 heteroatoms. The fourth-order valence-electron chi connectivity index (χ4n) is 2.23. The summed E-state index contributed by atoms with van der Waals surface area (Å²) in [5.74, 6) is -3.56. The Kier molecular flexibility index (Phi) is 3.61. The number of hydrogen-bond acceptors (Lipinski definition) is 2. The van der Waals surface area contributed by atoms with E-state index >= 15 is 0 Å². The summed E-state index contributed by atoms with van der Waals surface area (Å²) in [4.78, 5) is 12.1. The lowest BCUT2D eigenvalue weighted by molar-refractivity contribution is 0.479. The van der Waals surface area contributed by atoms with Gasteiger partial charge in [-0.05, 0) is 13.3 Å². The van der Waals surface area contributed by atoms with Crippen LogP contribution in [0.5, 0.6) is 0 Å². The third-order valence-corrected chi connectivity index (χ3v) is 3.14. The number of halogens is 3. The smallest absolute Gasteiger partial charge is 0.294 e. The van der Waals surface area contributed by atoms with Crippen LogP contribution in [0.3, 0.4) is 0 Å². The molecule has 1 heterocycles. The Morgan fingerprint density at radius 1 is 1.10 bits per heavy atom. The molecular formula is C13H14F3N3O. The van der Waals surface area contributed by atoms with Crippen molar-refractivity contribution in [2.24, 2.45) is 0 Å². The van der Waals surface area contributed by atoms with Crippen LogP contribution in [0.4, 0.5) is 18.9 Å². The van der Waals surface area contributed by atoms with Crippen molar-refractivity contribution in [3.8, 4) is 5.69 Å². The normalized spacial score (nSPS) is 11.1. The first-order valence-electron chi connectivity index (χ1n) is 6.17. The maximum absolute atomic E-state index is 13.8. The van der Waals surface area contributed by atoms with Gasteiger partial charge in [0.1, 0.15) is 11.4 Å². The third kappa shape index (κ3) is 1.99. The molecule has 20 heavy (non-hydrogen) atoms. The summed E-state index contributed by atoms with van der Waals surface area (Å²) in [5, 5.41) is 0. The molecule has 0 fully saturated rings. The summed E-state index contributed by atoms with van der Waals surface area (Å²) in [6, 6.07) is 1.06. The van der Waals surface area contributed by atoms with Crippen LogP contribution >= 0.6 is 0 Å². The van der Waals surface area contributed by atoms with E-state index in [1.807, 2.05) is 0 Å². The van der Waals surface area contributed by atoms with Gasteiger partial charge in [0.2, 0.25) is 0 Å². The van der Waals surface area contributed by atoms with Crippen LogP contribution in [0.2, 0.25) is 0 Å². The second-order valence-corrected chi connectivity index (χ2v) is 4.26. The Labute approximate surface area is 113 Å². The second kappa shape index (κ2) is 5.07. The molecule has 0 amide bonds. The molecule has 1 aromatic heterocycles. The Hall–Kier alpha value is -2.18. The molecule has 1 aromatic carbocycles. The van der Waals surface area contributed by atoms with Crippen molar-refractivity contribution < 1.29 is 13.2 Å². The summed E-state index contributed by atoms with van der Waals surface area (Å²) in [5.41, 5.74) is 5.21. The van der Waals surface area contributed by atoms with Crippen molar-refractivity contribution in [3.05, 3.63) is 45.6 Å². The van der Waals surface area contributed by atoms with E-state index in [2.05, 4.69) is 0 Å². The van der Waals surface area contributed by atoms with Crippen LogP contribution in [-0.2, 0) is 13.0 Å². The number of hydrogen-bond donors (Lipinski definition) is 1. The topological polar surface area (TPSA) is 53.0 Å². The fraction of sp³-hybridized carbons (Fsp3) is 0.308. The zero-order valence-electron chi connectivity index (χ0n) is 11.1. The predicted octanol–water partition coefficient (Wildman–Crippen LogP) is 2.22. The predicted molar refractivity (Wildman–Crippen MR) is 69.4 cm³/mol. The van der Waals surface area contributed by atoms with Gasteiger partial charge in [0.05, 0.1) is 5.69 Å². The molecule has 2 rings (SSSR count). The van der Waals surface area contributed by atoms with E-state index in [0.717, 1.165) is 4.68 Å². The highest BCUT2D eigenvalue weighted by molar-refractivity contribution is 5.46. The number of rotatable bonds is 3. The number of anilines is 1. The molecule has 0 aliphatic heterocycles. The highest BCUT2D eigenvalue weighted by Crippen LogP contribution is 2.19. The molecule has 4 nitrogen and oxygen atoms in total. The molecule has 0 radical (unpaired) electrons. The standard InChI is InChI=1S/C13H14F3N3O/c1-3-10-12(17)13(20)19(18(10)4-2)11-6-8(15)7(14)5-9(11)16/h5-6H,3-4,17H2,1-2H3. The van der Waals surface area contributed by atoms with Gasteiger partial charge < -0.3 is 5.73 Å². The number of benzene rings is 1. The minimum absolute atomic E-state index is 0.0153. The number of nitrogen functional groups attached to an aromatic ring is 1. The lowest BCUT2D eigenvalue weighted by Gasteiger charge is -2.13. The molecule has 0 aliphatic carbocycles. The van der Waals surface area contributed by atoms with Crippen molar-refractivity contribution in [1.29, 1.82) is 0 Å². The molecule has 0 aliphatic rings. The number of nitrogens with zero attached hydrogens (tertiary/aromatic N) is 2. The van der Waals surface area contributed by atoms with Gasteiger partial charge in [-0.15, -0.1) is 0 Å². The zero-order valence-corrected chi connectivity index (χ0v) is 11.1. The van der Waals surface area contributed by atoms with Crippen LogP contribution in [0.25, 0.3) is 5.69 Å². The minimum Gasteiger partial charge on any atom is -0.393 e. The molecule has 0 unspecified atom stereocenters. The molecular weight excluding hydrogens is 271 g/mol. The van der Waals surface area contributed by atoms with E-state index in [1.165, 1.54) is 4.68 Å². The highest BCUT2D eigenvalue weighted by Gasteiger charge is 2.20. The Bertz CT molecular complexity index is 719. The lowest BCUT2D eigenvalue weighted by Crippen LogP contribution is -2.23. The molecule has 2 aromatic rings. The third-order valence-electron chi connectivity index (χ3n) is 3.14. The summed E-state index contributed by atoms with van der Waals surface area (Å²) >= 11 is 0.